The van der Waals surface area contributed by atoms with Crippen LogP contribution in [-0.2, 0) is 4.74 Å². The Morgan fingerprint density at radius 1 is 1.06 bits per heavy atom. The van der Waals surface area contributed by atoms with Crippen LogP contribution in [0.15, 0.2) is 0 Å². The fourth-order valence-corrected chi connectivity index (χ4v) is 4.15. The summed E-state index contributed by atoms with van der Waals surface area (Å²) >= 11 is 0. The first-order valence-corrected chi connectivity index (χ1v) is 7.79. The van der Waals surface area contributed by atoms with E-state index in [0.717, 1.165) is 6.54 Å². The van der Waals surface area contributed by atoms with E-state index in [2.05, 4.69) is 10.2 Å². The number of ether oxygens (including phenoxy) is 1. The highest BCUT2D eigenvalue weighted by Crippen LogP contribution is 2.37. The van der Waals surface area contributed by atoms with E-state index >= 15 is 0 Å². The molecule has 1 spiro atoms. The maximum Gasteiger partial charge on any atom is 0.0805 e. The highest BCUT2D eigenvalue weighted by molar-refractivity contribution is 5.00. The fraction of sp³-hybridized carbons (Fsp3) is 1.00. The second kappa shape index (κ2) is 5.10. The van der Waals surface area contributed by atoms with Gasteiger partial charge in [0.25, 0.3) is 0 Å². The van der Waals surface area contributed by atoms with Gasteiger partial charge in [-0.3, -0.25) is 4.90 Å². The largest absolute Gasteiger partial charge is 0.377 e. The lowest BCUT2D eigenvalue weighted by atomic mass is 9.77. The maximum absolute atomic E-state index is 5.79. The van der Waals surface area contributed by atoms with Crippen LogP contribution in [0.25, 0.3) is 0 Å². The van der Waals surface area contributed by atoms with Crippen LogP contribution in [0, 0.1) is 0 Å². The van der Waals surface area contributed by atoms with Gasteiger partial charge in [0.05, 0.1) is 5.60 Å². The predicted octanol–water partition coefficient (Wildman–Crippen LogP) is 2.16. The third-order valence-electron chi connectivity index (χ3n) is 5.47. The summed E-state index contributed by atoms with van der Waals surface area (Å²) < 4.78 is 5.79. The quantitative estimate of drug-likeness (QED) is 0.833. The molecule has 3 fully saturated rings. The maximum atomic E-state index is 5.79. The summed E-state index contributed by atoms with van der Waals surface area (Å²) in [6.45, 7) is 4.78. The Morgan fingerprint density at radius 3 is 2.44 bits per heavy atom. The number of hydrogen-bond donors (Lipinski definition) is 1. The number of piperazine rings is 1. The van der Waals surface area contributed by atoms with E-state index in [0.29, 0.717) is 5.54 Å². The molecular weight excluding hydrogens is 224 g/mol. The molecule has 1 heterocycles. The first kappa shape index (κ1) is 12.9. The molecule has 18 heavy (non-hydrogen) atoms. The Labute approximate surface area is 111 Å². The molecule has 1 aliphatic heterocycles. The number of nitrogens with zero attached hydrogens (tertiary/aromatic N) is 1. The number of nitrogens with one attached hydrogen (secondary N) is 1. The van der Waals surface area contributed by atoms with Crippen molar-refractivity contribution >= 4 is 0 Å². The minimum Gasteiger partial charge on any atom is -0.377 e. The van der Waals surface area contributed by atoms with E-state index < -0.39 is 0 Å². The average Bonchev–Trinajstić information content (AvgIpc) is 2.35. The lowest BCUT2D eigenvalue weighted by Crippen LogP contribution is -2.63. The Morgan fingerprint density at radius 2 is 1.83 bits per heavy atom. The first-order valence-electron chi connectivity index (χ1n) is 7.79. The second-order valence-corrected chi connectivity index (χ2v) is 6.72. The van der Waals surface area contributed by atoms with Gasteiger partial charge in [-0.2, -0.15) is 0 Å². The molecule has 2 aliphatic carbocycles. The molecule has 0 unspecified atom stereocenters. The van der Waals surface area contributed by atoms with Gasteiger partial charge in [-0.15, -0.1) is 0 Å². The zero-order chi connectivity index (χ0) is 12.5. The van der Waals surface area contributed by atoms with Crippen molar-refractivity contribution in [3.05, 3.63) is 0 Å². The molecule has 3 nitrogen and oxygen atoms in total. The van der Waals surface area contributed by atoms with Gasteiger partial charge in [-0.1, -0.05) is 19.3 Å². The topological polar surface area (TPSA) is 24.5 Å². The van der Waals surface area contributed by atoms with Crippen molar-refractivity contribution in [3.63, 3.8) is 0 Å². The van der Waals surface area contributed by atoms with Crippen molar-refractivity contribution in [3.8, 4) is 0 Å². The molecule has 0 aromatic carbocycles. The molecule has 2 saturated carbocycles. The minimum absolute atomic E-state index is 0.202. The third-order valence-corrected chi connectivity index (χ3v) is 5.47. The van der Waals surface area contributed by atoms with E-state index in [4.69, 9.17) is 4.74 Å². The minimum atomic E-state index is 0.202. The standard InChI is InChI=1S/C15H28N2O/c1-18-15(8-5-9-15)13-17-11-10-16-14(12-17)6-3-2-4-7-14/h16H,2-13H2,1H3. The summed E-state index contributed by atoms with van der Waals surface area (Å²) in [6, 6.07) is 0. The van der Waals surface area contributed by atoms with E-state index in [1.165, 1.54) is 71.0 Å². The fourth-order valence-electron chi connectivity index (χ4n) is 4.15. The average molecular weight is 252 g/mol. The van der Waals surface area contributed by atoms with Crippen LogP contribution in [0.5, 0.6) is 0 Å². The second-order valence-electron chi connectivity index (χ2n) is 6.72. The van der Waals surface area contributed by atoms with Gasteiger partial charge in [0.1, 0.15) is 0 Å². The van der Waals surface area contributed by atoms with Crippen LogP contribution in [-0.4, -0.2) is 49.3 Å². The van der Waals surface area contributed by atoms with Crippen LogP contribution >= 0.6 is 0 Å². The van der Waals surface area contributed by atoms with Crippen molar-refractivity contribution in [2.45, 2.75) is 62.5 Å². The zero-order valence-corrected chi connectivity index (χ0v) is 11.8. The van der Waals surface area contributed by atoms with Crippen molar-refractivity contribution < 1.29 is 4.74 Å². The monoisotopic (exact) mass is 252 g/mol. The first-order chi connectivity index (χ1) is 8.76. The van der Waals surface area contributed by atoms with E-state index in [1.54, 1.807) is 0 Å². The molecule has 3 heteroatoms. The van der Waals surface area contributed by atoms with Crippen molar-refractivity contribution in [2.75, 3.05) is 33.3 Å². The Balaban J connectivity index is 1.59. The van der Waals surface area contributed by atoms with Crippen molar-refractivity contribution in [1.82, 2.24) is 10.2 Å². The van der Waals surface area contributed by atoms with Gasteiger partial charge in [0.2, 0.25) is 0 Å². The summed E-state index contributed by atoms with van der Waals surface area (Å²) in [6.07, 6.45) is 10.9. The molecule has 3 aliphatic rings. The summed E-state index contributed by atoms with van der Waals surface area (Å²) in [5.41, 5.74) is 0.641. The molecule has 1 N–H and O–H groups in total. The molecule has 104 valence electrons. The molecule has 0 aromatic rings. The van der Waals surface area contributed by atoms with Gasteiger partial charge >= 0.3 is 0 Å². The van der Waals surface area contributed by atoms with E-state index in [9.17, 15) is 0 Å². The Hall–Kier alpha value is -0.120. The van der Waals surface area contributed by atoms with Crippen LogP contribution in [0.3, 0.4) is 0 Å². The molecule has 0 bridgehead atoms. The van der Waals surface area contributed by atoms with E-state index in [-0.39, 0.29) is 5.60 Å². The summed E-state index contributed by atoms with van der Waals surface area (Å²) in [4.78, 5) is 2.67. The SMILES string of the molecule is COC1(CN2CCNC3(CCCCC3)C2)CCC1. The van der Waals surface area contributed by atoms with Gasteiger partial charge < -0.3 is 10.1 Å². The molecule has 0 radical (unpaired) electrons. The molecule has 0 amide bonds. The number of rotatable bonds is 3. The van der Waals surface area contributed by atoms with Crippen LogP contribution in [0.4, 0.5) is 0 Å². The Kier molecular flexibility index (Phi) is 3.65. The molecule has 0 aromatic heterocycles. The van der Waals surface area contributed by atoms with Gasteiger partial charge in [-0.05, 0) is 32.1 Å². The Bertz CT molecular complexity index is 271. The van der Waals surface area contributed by atoms with Crippen molar-refractivity contribution in [1.29, 1.82) is 0 Å². The summed E-state index contributed by atoms with van der Waals surface area (Å²) in [5.74, 6) is 0. The van der Waals surface area contributed by atoms with E-state index in [1.807, 2.05) is 7.11 Å². The molecule has 0 atom stereocenters. The van der Waals surface area contributed by atoms with Crippen LogP contribution < -0.4 is 5.32 Å². The van der Waals surface area contributed by atoms with Crippen molar-refractivity contribution in [2.24, 2.45) is 0 Å². The normalized spacial score (nSPS) is 31.2. The van der Waals surface area contributed by atoms with Crippen LogP contribution in [0.1, 0.15) is 51.4 Å². The predicted molar refractivity (Wildman–Crippen MR) is 73.8 cm³/mol. The third kappa shape index (κ3) is 2.45. The number of hydrogen-bond acceptors (Lipinski definition) is 3. The van der Waals surface area contributed by atoms with Gasteiger partial charge in [-0.25, -0.2) is 0 Å². The van der Waals surface area contributed by atoms with Crippen LogP contribution in [0.2, 0.25) is 0 Å². The lowest BCUT2D eigenvalue weighted by Gasteiger charge is -2.50. The van der Waals surface area contributed by atoms with Gasteiger partial charge in [0, 0.05) is 38.8 Å². The number of methoxy groups -OCH3 is 1. The smallest absolute Gasteiger partial charge is 0.0805 e. The lowest BCUT2D eigenvalue weighted by molar-refractivity contribution is -0.0985. The van der Waals surface area contributed by atoms with Gasteiger partial charge in [0.15, 0.2) is 0 Å². The summed E-state index contributed by atoms with van der Waals surface area (Å²) in [5, 5.41) is 3.82. The highest BCUT2D eigenvalue weighted by Gasteiger charge is 2.42. The molecule has 1 saturated heterocycles. The highest BCUT2D eigenvalue weighted by atomic mass is 16.5. The molecule has 3 rings (SSSR count). The molecular formula is C15H28N2O. The zero-order valence-electron chi connectivity index (χ0n) is 11.8. The summed E-state index contributed by atoms with van der Waals surface area (Å²) in [7, 11) is 1.90.